The SMILES string of the molecule is CCN(C(=O)CCc1ccc(N2CCOCC2)cc1)c1ccccc1. The first-order valence-electron chi connectivity index (χ1n) is 9.05. The largest absolute Gasteiger partial charge is 0.378 e. The van der Waals surface area contributed by atoms with Crippen LogP contribution in [0.3, 0.4) is 0 Å². The molecule has 0 aliphatic carbocycles. The van der Waals surface area contributed by atoms with Crippen molar-refractivity contribution in [3.8, 4) is 0 Å². The van der Waals surface area contributed by atoms with Gasteiger partial charge in [-0.3, -0.25) is 4.79 Å². The number of carbonyl (C=O) groups is 1. The number of anilines is 2. The van der Waals surface area contributed by atoms with Crippen molar-refractivity contribution in [1.82, 2.24) is 0 Å². The molecule has 0 atom stereocenters. The number of nitrogens with zero attached hydrogens (tertiary/aromatic N) is 2. The Balaban J connectivity index is 1.56. The van der Waals surface area contributed by atoms with Crippen LogP contribution in [-0.4, -0.2) is 38.8 Å². The number of morpholine rings is 1. The first-order chi connectivity index (χ1) is 12.3. The summed E-state index contributed by atoms with van der Waals surface area (Å²) in [5.74, 6) is 0.172. The highest BCUT2D eigenvalue weighted by atomic mass is 16.5. The maximum atomic E-state index is 12.6. The third kappa shape index (κ3) is 4.60. The van der Waals surface area contributed by atoms with Crippen molar-refractivity contribution >= 4 is 17.3 Å². The molecule has 25 heavy (non-hydrogen) atoms. The molecule has 1 saturated heterocycles. The number of amides is 1. The Morgan fingerprint density at radius 1 is 1.04 bits per heavy atom. The molecule has 1 fully saturated rings. The normalized spacial score (nSPS) is 14.4. The van der Waals surface area contributed by atoms with Crippen molar-refractivity contribution in [1.29, 1.82) is 0 Å². The third-order valence-electron chi connectivity index (χ3n) is 4.63. The zero-order valence-electron chi connectivity index (χ0n) is 14.9. The number of carbonyl (C=O) groups excluding carboxylic acids is 1. The quantitative estimate of drug-likeness (QED) is 0.808. The monoisotopic (exact) mass is 338 g/mol. The molecule has 0 aromatic heterocycles. The first kappa shape index (κ1) is 17.5. The maximum absolute atomic E-state index is 12.6. The summed E-state index contributed by atoms with van der Waals surface area (Å²) in [5, 5.41) is 0. The molecule has 0 unspecified atom stereocenters. The molecule has 1 aliphatic heterocycles. The highest BCUT2D eigenvalue weighted by Crippen LogP contribution is 2.19. The Morgan fingerprint density at radius 2 is 1.72 bits per heavy atom. The van der Waals surface area contributed by atoms with Crippen LogP contribution in [0.25, 0.3) is 0 Å². The van der Waals surface area contributed by atoms with Crippen LogP contribution in [0.4, 0.5) is 11.4 Å². The van der Waals surface area contributed by atoms with E-state index >= 15 is 0 Å². The summed E-state index contributed by atoms with van der Waals surface area (Å²) >= 11 is 0. The smallest absolute Gasteiger partial charge is 0.227 e. The number of benzene rings is 2. The van der Waals surface area contributed by atoms with Gasteiger partial charge >= 0.3 is 0 Å². The van der Waals surface area contributed by atoms with Gasteiger partial charge in [-0.05, 0) is 43.2 Å². The third-order valence-corrected chi connectivity index (χ3v) is 4.63. The lowest BCUT2D eigenvalue weighted by molar-refractivity contribution is -0.118. The van der Waals surface area contributed by atoms with E-state index in [-0.39, 0.29) is 5.91 Å². The van der Waals surface area contributed by atoms with Crippen LogP contribution >= 0.6 is 0 Å². The first-order valence-corrected chi connectivity index (χ1v) is 9.05. The zero-order valence-corrected chi connectivity index (χ0v) is 14.9. The topological polar surface area (TPSA) is 32.8 Å². The summed E-state index contributed by atoms with van der Waals surface area (Å²) in [5.41, 5.74) is 3.41. The van der Waals surface area contributed by atoms with E-state index in [9.17, 15) is 4.79 Å². The predicted octanol–water partition coefficient (Wildman–Crippen LogP) is 3.51. The van der Waals surface area contributed by atoms with Crippen LogP contribution in [0, 0.1) is 0 Å². The van der Waals surface area contributed by atoms with Crippen molar-refractivity contribution in [3.05, 3.63) is 60.2 Å². The minimum Gasteiger partial charge on any atom is -0.378 e. The van der Waals surface area contributed by atoms with Gasteiger partial charge in [-0.2, -0.15) is 0 Å². The second-order valence-corrected chi connectivity index (χ2v) is 6.24. The van der Waals surface area contributed by atoms with Crippen LogP contribution in [0.15, 0.2) is 54.6 Å². The van der Waals surface area contributed by atoms with Crippen LogP contribution in [0.5, 0.6) is 0 Å². The minimum atomic E-state index is 0.172. The number of hydrogen-bond acceptors (Lipinski definition) is 3. The van der Waals surface area contributed by atoms with E-state index in [0.29, 0.717) is 13.0 Å². The second kappa shape index (κ2) is 8.67. The highest BCUT2D eigenvalue weighted by Gasteiger charge is 2.14. The Labute approximate surface area is 150 Å². The van der Waals surface area contributed by atoms with Gasteiger partial charge in [0.1, 0.15) is 0 Å². The summed E-state index contributed by atoms with van der Waals surface area (Å²) in [6, 6.07) is 18.5. The van der Waals surface area contributed by atoms with Crippen LogP contribution in [-0.2, 0) is 16.0 Å². The molecule has 1 heterocycles. The number of para-hydroxylation sites is 1. The van der Waals surface area contributed by atoms with Crippen LogP contribution in [0.2, 0.25) is 0 Å². The molecule has 4 heteroatoms. The van der Waals surface area contributed by atoms with Crippen molar-refractivity contribution < 1.29 is 9.53 Å². The minimum absolute atomic E-state index is 0.172. The fourth-order valence-electron chi connectivity index (χ4n) is 3.19. The Kier molecular flexibility index (Phi) is 6.07. The lowest BCUT2D eigenvalue weighted by Crippen LogP contribution is -2.36. The zero-order chi connectivity index (χ0) is 17.5. The number of rotatable bonds is 6. The summed E-state index contributed by atoms with van der Waals surface area (Å²) < 4.78 is 5.40. The average Bonchev–Trinajstić information content (AvgIpc) is 2.69. The molecule has 3 rings (SSSR count). The van der Waals surface area contributed by atoms with Gasteiger partial charge in [0.2, 0.25) is 5.91 Å². The van der Waals surface area contributed by atoms with E-state index in [4.69, 9.17) is 4.74 Å². The summed E-state index contributed by atoms with van der Waals surface area (Å²) in [6.07, 6.45) is 1.30. The molecule has 0 saturated carbocycles. The van der Waals surface area contributed by atoms with Gasteiger partial charge in [0.15, 0.2) is 0 Å². The van der Waals surface area contributed by atoms with E-state index in [0.717, 1.165) is 38.4 Å². The highest BCUT2D eigenvalue weighted by molar-refractivity contribution is 5.93. The number of ether oxygens (including phenoxy) is 1. The van der Waals surface area contributed by atoms with E-state index < -0.39 is 0 Å². The molecular formula is C21H26N2O2. The molecule has 0 spiro atoms. The van der Waals surface area contributed by atoms with Crippen LogP contribution < -0.4 is 9.80 Å². The molecule has 1 aliphatic rings. The van der Waals surface area contributed by atoms with Crippen molar-refractivity contribution in [2.24, 2.45) is 0 Å². The fraction of sp³-hybridized carbons (Fsp3) is 0.381. The summed E-state index contributed by atoms with van der Waals surface area (Å²) in [4.78, 5) is 16.8. The van der Waals surface area contributed by atoms with Gasteiger partial charge in [0, 0.05) is 37.4 Å². The summed E-state index contributed by atoms with van der Waals surface area (Å²) in [7, 11) is 0. The average molecular weight is 338 g/mol. The van der Waals surface area contributed by atoms with Crippen molar-refractivity contribution in [2.75, 3.05) is 42.6 Å². The summed E-state index contributed by atoms with van der Waals surface area (Å²) in [6.45, 7) is 6.19. The van der Waals surface area contributed by atoms with Gasteiger partial charge in [-0.1, -0.05) is 30.3 Å². The molecule has 132 valence electrons. The molecular weight excluding hydrogens is 312 g/mol. The van der Waals surface area contributed by atoms with Gasteiger partial charge < -0.3 is 14.5 Å². The number of hydrogen-bond donors (Lipinski definition) is 0. The molecule has 0 N–H and O–H groups in total. The second-order valence-electron chi connectivity index (χ2n) is 6.24. The lowest BCUT2D eigenvalue weighted by atomic mass is 10.1. The molecule has 4 nitrogen and oxygen atoms in total. The van der Waals surface area contributed by atoms with E-state index in [1.807, 2.05) is 42.2 Å². The van der Waals surface area contributed by atoms with Gasteiger partial charge in [-0.25, -0.2) is 0 Å². The van der Waals surface area contributed by atoms with Crippen LogP contribution in [0.1, 0.15) is 18.9 Å². The molecule has 0 bridgehead atoms. The van der Waals surface area contributed by atoms with Crippen molar-refractivity contribution in [3.63, 3.8) is 0 Å². The molecule has 2 aromatic carbocycles. The van der Waals surface area contributed by atoms with Crippen molar-refractivity contribution in [2.45, 2.75) is 19.8 Å². The van der Waals surface area contributed by atoms with Gasteiger partial charge in [-0.15, -0.1) is 0 Å². The molecule has 0 radical (unpaired) electrons. The fourth-order valence-corrected chi connectivity index (χ4v) is 3.19. The number of aryl methyl sites for hydroxylation is 1. The van der Waals surface area contributed by atoms with E-state index in [1.165, 1.54) is 11.3 Å². The Morgan fingerprint density at radius 3 is 2.36 bits per heavy atom. The lowest BCUT2D eigenvalue weighted by Gasteiger charge is -2.29. The van der Waals surface area contributed by atoms with E-state index in [1.54, 1.807) is 0 Å². The van der Waals surface area contributed by atoms with Gasteiger partial charge in [0.05, 0.1) is 13.2 Å². The maximum Gasteiger partial charge on any atom is 0.227 e. The Hall–Kier alpha value is -2.33. The van der Waals surface area contributed by atoms with Gasteiger partial charge in [0.25, 0.3) is 0 Å². The molecule has 2 aromatic rings. The predicted molar refractivity (Wildman–Crippen MR) is 102 cm³/mol. The standard InChI is InChI=1S/C21H26N2O2/c1-2-23(20-6-4-3-5-7-20)21(24)13-10-18-8-11-19(12-9-18)22-14-16-25-17-15-22/h3-9,11-12H,2,10,13-17H2,1H3. The molecule has 1 amide bonds. The van der Waals surface area contributed by atoms with E-state index in [2.05, 4.69) is 29.2 Å². The Bertz CT molecular complexity index is 664.